The summed E-state index contributed by atoms with van der Waals surface area (Å²) in [6.07, 6.45) is 7.09. The molecule has 2 aliphatic carbocycles. The van der Waals surface area contributed by atoms with Crippen LogP contribution in [0, 0.1) is 11.8 Å². The van der Waals surface area contributed by atoms with Gasteiger partial charge in [-0.05, 0) is 64.6 Å². The average molecular weight is 236 g/mol. The molecule has 3 rings (SSSR count). The van der Waals surface area contributed by atoms with Crippen LogP contribution in [0.15, 0.2) is 0 Å². The maximum atomic E-state index is 6.11. The minimum atomic E-state index is -0.154. The van der Waals surface area contributed by atoms with E-state index in [4.69, 9.17) is 9.31 Å². The Hall–Kier alpha value is -0.0151. The molecule has 0 aromatic heterocycles. The summed E-state index contributed by atoms with van der Waals surface area (Å²) in [6, 6.07) is 0. The van der Waals surface area contributed by atoms with Crippen LogP contribution in [0.3, 0.4) is 0 Å². The zero-order valence-corrected chi connectivity index (χ0v) is 11.7. The Morgan fingerprint density at radius 3 is 1.94 bits per heavy atom. The lowest BCUT2D eigenvalue weighted by molar-refractivity contribution is 0.00578. The standard InChI is InChI=1S/C14H25BO2/c1-13(2)14(3,4)17-15(16-13)12-8-11(9-12)7-10-5-6-10/h10-12H,5-9H2,1-4H3. The van der Waals surface area contributed by atoms with Crippen molar-refractivity contribution >= 4 is 7.12 Å². The first-order valence-electron chi connectivity index (χ1n) is 7.23. The van der Waals surface area contributed by atoms with Gasteiger partial charge in [-0.1, -0.05) is 12.8 Å². The minimum absolute atomic E-state index is 0.0513. The van der Waals surface area contributed by atoms with E-state index in [0.717, 1.165) is 11.8 Å². The topological polar surface area (TPSA) is 18.5 Å². The summed E-state index contributed by atoms with van der Waals surface area (Å²) >= 11 is 0. The van der Waals surface area contributed by atoms with Gasteiger partial charge in [0, 0.05) is 0 Å². The van der Waals surface area contributed by atoms with Gasteiger partial charge in [0.05, 0.1) is 11.2 Å². The quantitative estimate of drug-likeness (QED) is 0.696. The van der Waals surface area contributed by atoms with E-state index in [1.54, 1.807) is 0 Å². The fraction of sp³-hybridized carbons (Fsp3) is 1.00. The molecule has 96 valence electrons. The fourth-order valence-corrected chi connectivity index (χ4v) is 3.11. The SMILES string of the molecule is CC1(C)OB(C2CC(CC3CC3)C2)OC1(C)C. The van der Waals surface area contributed by atoms with Gasteiger partial charge in [0.15, 0.2) is 0 Å². The van der Waals surface area contributed by atoms with Gasteiger partial charge in [-0.15, -0.1) is 0 Å². The van der Waals surface area contributed by atoms with Gasteiger partial charge < -0.3 is 9.31 Å². The normalized spacial score (nSPS) is 39.2. The van der Waals surface area contributed by atoms with E-state index < -0.39 is 0 Å². The zero-order chi connectivity index (χ0) is 12.3. The molecule has 0 aromatic carbocycles. The molecule has 0 radical (unpaired) electrons. The largest absolute Gasteiger partial charge is 0.461 e. The Bertz CT molecular complexity index is 287. The molecular weight excluding hydrogens is 211 g/mol. The Morgan fingerprint density at radius 2 is 1.47 bits per heavy atom. The van der Waals surface area contributed by atoms with Crippen molar-refractivity contribution in [1.29, 1.82) is 0 Å². The van der Waals surface area contributed by atoms with E-state index in [2.05, 4.69) is 27.7 Å². The summed E-state index contributed by atoms with van der Waals surface area (Å²) < 4.78 is 12.2. The van der Waals surface area contributed by atoms with Gasteiger partial charge in [0.1, 0.15) is 0 Å². The fourth-order valence-electron chi connectivity index (χ4n) is 3.11. The second-order valence-corrected chi connectivity index (χ2v) is 7.40. The molecule has 0 aromatic rings. The van der Waals surface area contributed by atoms with Crippen LogP contribution in [0.4, 0.5) is 0 Å². The predicted molar refractivity (Wildman–Crippen MR) is 69.9 cm³/mol. The molecule has 1 heterocycles. The average Bonchev–Trinajstić information content (AvgIpc) is 2.87. The Morgan fingerprint density at radius 1 is 0.941 bits per heavy atom. The van der Waals surface area contributed by atoms with Gasteiger partial charge in [-0.2, -0.15) is 0 Å². The molecular formula is C14H25BO2. The summed E-state index contributed by atoms with van der Waals surface area (Å²) in [5, 5.41) is 0. The van der Waals surface area contributed by atoms with Crippen molar-refractivity contribution in [3.05, 3.63) is 0 Å². The molecule has 2 saturated carbocycles. The van der Waals surface area contributed by atoms with Crippen LogP contribution in [0.1, 0.15) is 59.8 Å². The highest BCUT2D eigenvalue weighted by molar-refractivity contribution is 6.47. The Balaban J connectivity index is 1.51. The minimum Gasteiger partial charge on any atom is -0.403 e. The summed E-state index contributed by atoms with van der Waals surface area (Å²) in [5.74, 6) is 2.69. The van der Waals surface area contributed by atoms with Gasteiger partial charge in [-0.3, -0.25) is 0 Å². The van der Waals surface area contributed by atoms with Crippen molar-refractivity contribution in [3.63, 3.8) is 0 Å². The highest BCUT2D eigenvalue weighted by atomic mass is 16.7. The highest BCUT2D eigenvalue weighted by Gasteiger charge is 2.56. The summed E-state index contributed by atoms with van der Waals surface area (Å²) in [5.41, 5.74) is -0.307. The smallest absolute Gasteiger partial charge is 0.403 e. The first kappa shape index (κ1) is 12.0. The van der Waals surface area contributed by atoms with Gasteiger partial charge in [0.25, 0.3) is 0 Å². The number of hydrogen-bond acceptors (Lipinski definition) is 2. The van der Waals surface area contributed by atoms with Crippen molar-refractivity contribution in [2.75, 3.05) is 0 Å². The Kier molecular flexibility index (Phi) is 2.65. The van der Waals surface area contributed by atoms with Crippen molar-refractivity contribution < 1.29 is 9.31 Å². The van der Waals surface area contributed by atoms with Crippen molar-refractivity contribution in [2.45, 2.75) is 76.8 Å². The summed E-state index contributed by atoms with van der Waals surface area (Å²) in [6.45, 7) is 8.58. The third kappa shape index (κ3) is 2.17. The Labute approximate surface area is 106 Å². The van der Waals surface area contributed by atoms with Crippen LogP contribution in [-0.4, -0.2) is 18.3 Å². The lowest BCUT2D eigenvalue weighted by atomic mass is 9.55. The second kappa shape index (κ2) is 3.74. The summed E-state index contributed by atoms with van der Waals surface area (Å²) in [4.78, 5) is 0. The van der Waals surface area contributed by atoms with E-state index >= 15 is 0 Å². The van der Waals surface area contributed by atoms with Crippen LogP contribution in [-0.2, 0) is 9.31 Å². The maximum Gasteiger partial charge on any atom is 0.461 e. The molecule has 0 N–H and O–H groups in total. The van der Waals surface area contributed by atoms with E-state index in [1.807, 2.05) is 0 Å². The van der Waals surface area contributed by atoms with E-state index in [1.165, 1.54) is 32.1 Å². The van der Waals surface area contributed by atoms with Crippen molar-refractivity contribution in [3.8, 4) is 0 Å². The van der Waals surface area contributed by atoms with Crippen LogP contribution in [0.25, 0.3) is 0 Å². The van der Waals surface area contributed by atoms with E-state index in [-0.39, 0.29) is 18.3 Å². The molecule has 0 amide bonds. The first-order chi connectivity index (χ1) is 7.87. The lowest BCUT2D eigenvalue weighted by Gasteiger charge is -2.36. The lowest BCUT2D eigenvalue weighted by Crippen LogP contribution is -2.41. The molecule has 17 heavy (non-hydrogen) atoms. The summed E-state index contributed by atoms with van der Waals surface area (Å²) in [7, 11) is 0.0513. The highest BCUT2D eigenvalue weighted by Crippen LogP contribution is 2.52. The molecule has 0 unspecified atom stereocenters. The first-order valence-corrected chi connectivity index (χ1v) is 7.23. The molecule has 3 aliphatic rings. The molecule has 2 nitrogen and oxygen atoms in total. The third-order valence-corrected chi connectivity index (χ3v) is 5.29. The molecule has 1 saturated heterocycles. The van der Waals surface area contributed by atoms with Gasteiger partial charge in [0.2, 0.25) is 0 Å². The third-order valence-electron chi connectivity index (χ3n) is 5.29. The second-order valence-electron chi connectivity index (χ2n) is 7.40. The molecule has 1 aliphatic heterocycles. The van der Waals surface area contributed by atoms with Crippen LogP contribution >= 0.6 is 0 Å². The monoisotopic (exact) mass is 236 g/mol. The van der Waals surface area contributed by atoms with Crippen LogP contribution in [0.5, 0.6) is 0 Å². The van der Waals surface area contributed by atoms with Gasteiger partial charge >= 0.3 is 7.12 Å². The van der Waals surface area contributed by atoms with Crippen molar-refractivity contribution in [1.82, 2.24) is 0 Å². The molecule has 0 spiro atoms. The van der Waals surface area contributed by atoms with E-state index in [0.29, 0.717) is 5.82 Å². The predicted octanol–water partition coefficient (Wildman–Crippen LogP) is 3.66. The molecule has 3 fully saturated rings. The number of rotatable bonds is 3. The maximum absolute atomic E-state index is 6.11. The van der Waals surface area contributed by atoms with E-state index in [9.17, 15) is 0 Å². The zero-order valence-electron chi connectivity index (χ0n) is 11.7. The van der Waals surface area contributed by atoms with Crippen LogP contribution < -0.4 is 0 Å². The van der Waals surface area contributed by atoms with Crippen molar-refractivity contribution in [2.24, 2.45) is 11.8 Å². The molecule has 0 bridgehead atoms. The molecule has 3 heteroatoms. The van der Waals surface area contributed by atoms with Gasteiger partial charge in [-0.25, -0.2) is 0 Å². The number of hydrogen-bond donors (Lipinski definition) is 0. The molecule has 0 atom stereocenters. The van der Waals surface area contributed by atoms with Crippen LogP contribution in [0.2, 0.25) is 5.82 Å².